The van der Waals surface area contributed by atoms with Gasteiger partial charge in [-0.1, -0.05) is 42.5 Å². The zero-order valence-electron chi connectivity index (χ0n) is 23.2. The highest BCUT2D eigenvalue weighted by atomic mass is 32.3. The van der Waals surface area contributed by atoms with E-state index in [1.165, 1.54) is 11.8 Å². The molecule has 2 aliphatic rings. The smallest absolute Gasteiger partial charge is 0.227 e. The molecule has 2 heterocycles. The zero-order valence-corrected chi connectivity index (χ0v) is 24.9. The van der Waals surface area contributed by atoms with Crippen LogP contribution < -0.4 is 0 Å². The highest BCUT2D eigenvalue weighted by Crippen LogP contribution is 2.49. The summed E-state index contributed by atoms with van der Waals surface area (Å²) in [5, 5.41) is 0. The number of rotatable bonds is 10. The third kappa shape index (κ3) is 8.30. The van der Waals surface area contributed by atoms with Crippen molar-refractivity contribution in [2.75, 3.05) is 43.9 Å². The molecular weight excluding hydrogens is 532 g/mol. The molecular formula is C30H44N2O5S2. The van der Waals surface area contributed by atoms with Crippen molar-refractivity contribution in [2.45, 2.75) is 62.3 Å². The van der Waals surface area contributed by atoms with Crippen molar-refractivity contribution in [3.63, 3.8) is 0 Å². The molecule has 0 aromatic heterocycles. The number of sulfone groups is 1. The van der Waals surface area contributed by atoms with Crippen LogP contribution in [0.4, 0.5) is 0 Å². The van der Waals surface area contributed by atoms with Crippen molar-refractivity contribution in [2.24, 2.45) is 5.92 Å². The van der Waals surface area contributed by atoms with Crippen LogP contribution in [0.1, 0.15) is 56.1 Å². The van der Waals surface area contributed by atoms with E-state index in [0.717, 1.165) is 57.3 Å². The van der Waals surface area contributed by atoms with Crippen molar-refractivity contribution in [3.8, 4) is 0 Å². The van der Waals surface area contributed by atoms with Crippen LogP contribution in [0.2, 0.25) is 0 Å². The number of benzene rings is 2. The van der Waals surface area contributed by atoms with Crippen molar-refractivity contribution < 1.29 is 22.3 Å². The first-order chi connectivity index (χ1) is 18.6. The van der Waals surface area contributed by atoms with Gasteiger partial charge < -0.3 is 9.80 Å². The third-order valence-electron chi connectivity index (χ3n) is 8.55. The first kappa shape index (κ1) is 30.1. The zero-order chi connectivity index (χ0) is 28.0. The van der Waals surface area contributed by atoms with Crippen molar-refractivity contribution in [1.82, 2.24) is 9.80 Å². The molecule has 39 heavy (non-hydrogen) atoms. The van der Waals surface area contributed by atoms with Crippen LogP contribution >= 0.6 is 10.6 Å². The van der Waals surface area contributed by atoms with Gasteiger partial charge in [0, 0.05) is 43.4 Å². The Hall–Kier alpha value is -1.91. The maximum absolute atomic E-state index is 13.2. The quantitative estimate of drug-likeness (QED) is 0.399. The van der Waals surface area contributed by atoms with Gasteiger partial charge in [-0.3, -0.25) is 13.9 Å². The first-order valence-electron chi connectivity index (χ1n) is 14.1. The molecule has 0 bridgehead atoms. The third-order valence-corrected chi connectivity index (χ3v) is 11.5. The van der Waals surface area contributed by atoms with Crippen LogP contribution in [-0.2, 0) is 21.1 Å². The van der Waals surface area contributed by atoms with Gasteiger partial charge in [-0.15, -0.1) is 0 Å². The fourth-order valence-corrected chi connectivity index (χ4v) is 8.44. The number of amides is 1. The molecule has 2 aromatic rings. The average Bonchev–Trinajstić information content (AvgIpc) is 2.91. The lowest BCUT2D eigenvalue weighted by Gasteiger charge is -2.42. The lowest BCUT2D eigenvalue weighted by atomic mass is 9.80. The van der Waals surface area contributed by atoms with Crippen molar-refractivity contribution in [1.29, 1.82) is 0 Å². The molecule has 9 heteroatoms. The Kier molecular flexibility index (Phi) is 10.1. The van der Waals surface area contributed by atoms with E-state index in [1.807, 2.05) is 17.9 Å². The van der Waals surface area contributed by atoms with Crippen LogP contribution in [0, 0.1) is 5.92 Å². The van der Waals surface area contributed by atoms with Crippen molar-refractivity contribution >= 4 is 26.3 Å². The average molecular weight is 577 g/mol. The second-order valence-corrected chi connectivity index (χ2v) is 15.6. The van der Waals surface area contributed by atoms with E-state index in [0.29, 0.717) is 29.9 Å². The van der Waals surface area contributed by atoms with Gasteiger partial charge >= 0.3 is 0 Å². The molecule has 2 aliphatic heterocycles. The maximum Gasteiger partial charge on any atom is 0.227 e. The molecule has 1 atom stereocenters. The van der Waals surface area contributed by atoms with Gasteiger partial charge in [0.15, 0.2) is 9.84 Å². The van der Waals surface area contributed by atoms with Gasteiger partial charge in [-0.05, 0) is 80.7 Å². The highest BCUT2D eigenvalue weighted by molar-refractivity contribution is 8.24. The van der Waals surface area contributed by atoms with Crippen molar-refractivity contribution in [3.05, 3.63) is 65.7 Å². The molecule has 0 radical (unpaired) electrons. The minimum atomic E-state index is -3.25. The van der Waals surface area contributed by atoms with Gasteiger partial charge in [0.25, 0.3) is 0 Å². The summed E-state index contributed by atoms with van der Waals surface area (Å²) in [6.45, 7) is 5.63. The van der Waals surface area contributed by atoms with Crippen LogP contribution in [0.5, 0.6) is 0 Å². The SMILES string of the molecule is CCN(C(=O)Cc1ccc(S(C)(=O)=O)cc1)C1CCN(CC[C@@H](c2ccccc2)C2CCS(O)(O)CC2)CC1. The second kappa shape index (κ2) is 13.2. The number of carbonyl (C=O) groups excluding carboxylic acids is 1. The lowest BCUT2D eigenvalue weighted by Crippen LogP contribution is -2.48. The van der Waals surface area contributed by atoms with Crippen LogP contribution in [0.25, 0.3) is 0 Å². The molecule has 7 nitrogen and oxygen atoms in total. The Morgan fingerprint density at radius 3 is 2.18 bits per heavy atom. The number of likely N-dealkylation sites (N-methyl/N-ethyl adjacent to an activating group) is 1. The molecule has 0 saturated carbocycles. The Bertz CT molecular complexity index is 1170. The van der Waals surface area contributed by atoms with E-state index in [4.69, 9.17) is 0 Å². The number of piperidine rings is 1. The molecule has 0 unspecified atom stereocenters. The normalized spacial score (nSPS) is 20.8. The van der Waals surface area contributed by atoms with Gasteiger partial charge in [0.2, 0.25) is 5.91 Å². The molecule has 1 amide bonds. The fraction of sp³-hybridized carbons (Fsp3) is 0.567. The highest BCUT2D eigenvalue weighted by Gasteiger charge is 2.32. The molecule has 216 valence electrons. The van der Waals surface area contributed by atoms with Crippen LogP contribution in [0.3, 0.4) is 0 Å². The Morgan fingerprint density at radius 2 is 1.62 bits per heavy atom. The largest absolute Gasteiger partial charge is 0.340 e. The summed E-state index contributed by atoms with van der Waals surface area (Å²) in [6.07, 6.45) is 6.16. The van der Waals surface area contributed by atoms with Gasteiger partial charge in [0.1, 0.15) is 0 Å². The second-order valence-electron chi connectivity index (χ2n) is 11.2. The number of likely N-dealkylation sites (tertiary alicyclic amines) is 1. The molecule has 4 rings (SSSR count). The Morgan fingerprint density at radius 1 is 1.00 bits per heavy atom. The van der Waals surface area contributed by atoms with E-state index in [2.05, 4.69) is 29.2 Å². The van der Waals surface area contributed by atoms with Gasteiger partial charge in [-0.2, -0.15) is 10.6 Å². The Balaban J connectivity index is 1.30. The molecule has 0 aliphatic carbocycles. The molecule has 2 aromatic carbocycles. The molecule has 2 fully saturated rings. The van der Waals surface area contributed by atoms with Gasteiger partial charge in [-0.25, -0.2) is 8.42 Å². The number of nitrogens with zero attached hydrogens (tertiary/aromatic N) is 2. The Labute approximate surface area is 235 Å². The topological polar surface area (TPSA) is 98.2 Å². The monoisotopic (exact) mass is 576 g/mol. The summed E-state index contributed by atoms with van der Waals surface area (Å²) in [6, 6.07) is 17.5. The van der Waals surface area contributed by atoms with Crippen LogP contribution in [-0.4, -0.2) is 83.2 Å². The number of carbonyl (C=O) groups is 1. The summed E-state index contributed by atoms with van der Waals surface area (Å²) in [7, 11) is -5.63. The predicted molar refractivity (Wildman–Crippen MR) is 159 cm³/mol. The van der Waals surface area contributed by atoms with E-state index < -0.39 is 20.4 Å². The first-order valence-corrected chi connectivity index (χ1v) is 17.9. The summed E-state index contributed by atoms with van der Waals surface area (Å²) in [4.78, 5) is 17.9. The van der Waals surface area contributed by atoms with Gasteiger partial charge in [0.05, 0.1) is 11.3 Å². The lowest BCUT2D eigenvalue weighted by molar-refractivity contribution is -0.133. The van der Waals surface area contributed by atoms with E-state index in [-0.39, 0.29) is 23.3 Å². The number of hydrogen-bond acceptors (Lipinski definition) is 6. The summed E-state index contributed by atoms with van der Waals surface area (Å²) >= 11 is 0. The summed E-state index contributed by atoms with van der Waals surface area (Å²) in [5.74, 6) is 2.03. The molecule has 2 saturated heterocycles. The van der Waals surface area contributed by atoms with E-state index in [9.17, 15) is 22.3 Å². The fourth-order valence-electron chi connectivity index (χ4n) is 6.25. The minimum absolute atomic E-state index is 0.0930. The number of hydrogen-bond donors (Lipinski definition) is 2. The van der Waals surface area contributed by atoms with Crippen LogP contribution in [0.15, 0.2) is 59.5 Å². The summed E-state index contributed by atoms with van der Waals surface area (Å²) < 4.78 is 43.7. The van der Waals surface area contributed by atoms with E-state index >= 15 is 0 Å². The predicted octanol–water partition coefficient (Wildman–Crippen LogP) is 5.28. The minimum Gasteiger partial charge on any atom is -0.340 e. The van der Waals surface area contributed by atoms with E-state index in [1.54, 1.807) is 24.3 Å². The molecule has 2 N–H and O–H groups in total. The standard InChI is InChI=1S/C30H44N2O5S2/c1-3-32(30(33)23-24-9-11-28(12-10-24)38(2,34)35)27-13-18-31(19-14-27)20-15-29(25-7-5-4-6-8-25)26-16-21-39(36,37)22-17-26/h4-12,26-27,29,36-37H,3,13-23H2,1-2H3/t29-/m0/s1. The maximum atomic E-state index is 13.2. The molecule has 0 spiro atoms. The summed E-state index contributed by atoms with van der Waals surface area (Å²) in [5.41, 5.74) is 2.18.